The zero-order chi connectivity index (χ0) is 12.5. The average Bonchev–Trinajstić information content (AvgIpc) is 2.28. The van der Waals surface area contributed by atoms with Gasteiger partial charge in [-0.3, -0.25) is 0 Å². The van der Waals surface area contributed by atoms with Crippen LogP contribution in [0.2, 0.25) is 5.15 Å². The lowest BCUT2D eigenvalue weighted by molar-refractivity contribution is -0.137. The van der Waals surface area contributed by atoms with Crippen molar-refractivity contribution in [1.29, 1.82) is 0 Å². The number of hydrogen-bond acceptors (Lipinski definition) is 3. The Bertz CT molecular complexity index is 405. The normalized spacial score (nSPS) is 17.3. The van der Waals surface area contributed by atoms with Crippen LogP contribution in [0.15, 0.2) is 12.1 Å². The lowest BCUT2D eigenvalue weighted by atomic mass is 10.2. The van der Waals surface area contributed by atoms with Gasteiger partial charge < -0.3 is 4.90 Å². The van der Waals surface area contributed by atoms with Crippen molar-refractivity contribution in [1.82, 2.24) is 4.98 Å². The van der Waals surface area contributed by atoms with Crippen molar-refractivity contribution in [2.75, 3.05) is 29.5 Å². The van der Waals surface area contributed by atoms with E-state index in [0.717, 1.165) is 23.6 Å². The minimum absolute atomic E-state index is 0.118. The summed E-state index contributed by atoms with van der Waals surface area (Å²) in [7, 11) is 0. The lowest BCUT2D eigenvalue weighted by Crippen LogP contribution is -2.33. The van der Waals surface area contributed by atoms with Crippen LogP contribution in [-0.4, -0.2) is 29.6 Å². The zero-order valence-corrected chi connectivity index (χ0v) is 10.4. The first-order valence-corrected chi connectivity index (χ1v) is 6.57. The maximum Gasteiger partial charge on any atom is 0.416 e. The Labute approximate surface area is 106 Å². The Morgan fingerprint density at radius 1 is 1.24 bits per heavy atom. The molecule has 94 valence electrons. The number of rotatable bonds is 1. The molecule has 0 atom stereocenters. The molecule has 0 N–H and O–H groups in total. The second-order valence-corrected chi connectivity index (χ2v) is 5.25. The molecule has 2 heterocycles. The van der Waals surface area contributed by atoms with Crippen LogP contribution in [0, 0.1) is 0 Å². The van der Waals surface area contributed by atoms with Crippen molar-refractivity contribution in [3.8, 4) is 0 Å². The van der Waals surface area contributed by atoms with E-state index in [1.54, 1.807) is 11.8 Å². The van der Waals surface area contributed by atoms with Gasteiger partial charge in [-0.25, -0.2) is 4.98 Å². The number of alkyl halides is 3. The van der Waals surface area contributed by atoms with Crippen LogP contribution < -0.4 is 4.90 Å². The second kappa shape index (κ2) is 4.94. The topological polar surface area (TPSA) is 16.1 Å². The molecule has 1 aliphatic heterocycles. The summed E-state index contributed by atoms with van der Waals surface area (Å²) in [5.74, 6) is 2.11. The summed E-state index contributed by atoms with van der Waals surface area (Å²) in [6.45, 7) is 1.41. The molecule has 1 aromatic heterocycles. The largest absolute Gasteiger partial charge is 0.416 e. The molecule has 0 bridgehead atoms. The third-order valence-corrected chi connectivity index (χ3v) is 3.58. The highest BCUT2D eigenvalue weighted by Crippen LogP contribution is 2.33. The molecule has 0 unspecified atom stereocenters. The van der Waals surface area contributed by atoms with E-state index in [0.29, 0.717) is 18.9 Å². The van der Waals surface area contributed by atoms with Crippen LogP contribution in [0.25, 0.3) is 0 Å². The highest BCUT2D eigenvalue weighted by atomic mass is 35.5. The summed E-state index contributed by atoms with van der Waals surface area (Å²) in [6.07, 6.45) is -4.38. The summed E-state index contributed by atoms with van der Waals surface area (Å²) in [5.41, 5.74) is -0.745. The summed E-state index contributed by atoms with van der Waals surface area (Å²) in [6, 6.07) is 1.91. The van der Waals surface area contributed by atoms with Gasteiger partial charge in [0.2, 0.25) is 0 Å². The lowest BCUT2D eigenvalue weighted by Gasteiger charge is -2.28. The van der Waals surface area contributed by atoms with Crippen LogP contribution >= 0.6 is 23.4 Å². The number of anilines is 1. The van der Waals surface area contributed by atoms with E-state index in [9.17, 15) is 13.2 Å². The van der Waals surface area contributed by atoms with E-state index in [2.05, 4.69) is 4.98 Å². The van der Waals surface area contributed by atoms with Gasteiger partial charge in [0.1, 0.15) is 11.0 Å². The van der Waals surface area contributed by atoms with Gasteiger partial charge in [0, 0.05) is 24.6 Å². The highest BCUT2D eigenvalue weighted by Gasteiger charge is 2.32. The van der Waals surface area contributed by atoms with Crippen LogP contribution in [0.1, 0.15) is 5.56 Å². The van der Waals surface area contributed by atoms with E-state index in [-0.39, 0.29) is 5.15 Å². The predicted molar refractivity (Wildman–Crippen MR) is 63.8 cm³/mol. The van der Waals surface area contributed by atoms with Crippen LogP contribution in [0.5, 0.6) is 0 Å². The number of halogens is 4. The van der Waals surface area contributed by atoms with Gasteiger partial charge in [0.25, 0.3) is 0 Å². The summed E-state index contributed by atoms with van der Waals surface area (Å²) in [5, 5.41) is -0.118. The van der Waals surface area contributed by atoms with Gasteiger partial charge in [-0.1, -0.05) is 11.6 Å². The molecule has 1 fully saturated rings. The van der Waals surface area contributed by atoms with E-state index in [1.807, 2.05) is 4.90 Å². The molecule has 1 saturated heterocycles. The third kappa shape index (κ3) is 3.19. The Kier molecular flexibility index (Phi) is 3.73. The maximum atomic E-state index is 12.6. The number of hydrogen-bond donors (Lipinski definition) is 0. The molecule has 0 spiro atoms. The van der Waals surface area contributed by atoms with Crippen molar-refractivity contribution in [2.24, 2.45) is 0 Å². The minimum atomic E-state index is -4.38. The fraction of sp³-hybridized carbons (Fsp3) is 0.500. The summed E-state index contributed by atoms with van der Waals surface area (Å²) in [4.78, 5) is 5.78. The molecule has 0 aromatic carbocycles. The minimum Gasteiger partial charge on any atom is -0.355 e. The van der Waals surface area contributed by atoms with Crippen molar-refractivity contribution in [2.45, 2.75) is 6.18 Å². The first kappa shape index (κ1) is 12.8. The molecule has 0 aliphatic carbocycles. The number of pyridine rings is 1. The third-order valence-electron chi connectivity index (χ3n) is 2.44. The zero-order valence-electron chi connectivity index (χ0n) is 8.80. The Balaban J connectivity index is 2.31. The van der Waals surface area contributed by atoms with E-state index in [1.165, 1.54) is 0 Å². The molecular formula is C10H10ClF3N2S. The molecular weight excluding hydrogens is 273 g/mol. The van der Waals surface area contributed by atoms with Crippen LogP contribution in [0.4, 0.5) is 19.0 Å². The van der Waals surface area contributed by atoms with Crippen molar-refractivity contribution in [3.63, 3.8) is 0 Å². The Morgan fingerprint density at radius 2 is 1.88 bits per heavy atom. The Morgan fingerprint density at radius 3 is 2.47 bits per heavy atom. The first-order valence-electron chi connectivity index (χ1n) is 5.04. The Hall–Kier alpha value is -0.620. The van der Waals surface area contributed by atoms with E-state index in [4.69, 9.17) is 11.6 Å². The van der Waals surface area contributed by atoms with Crippen LogP contribution in [0.3, 0.4) is 0 Å². The van der Waals surface area contributed by atoms with Gasteiger partial charge >= 0.3 is 6.18 Å². The molecule has 0 saturated carbocycles. The predicted octanol–water partition coefficient (Wildman–Crippen LogP) is 3.31. The number of aromatic nitrogens is 1. The fourth-order valence-corrected chi connectivity index (χ4v) is 2.71. The van der Waals surface area contributed by atoms with Gasteiger partial charge in [0.05, 0.1) is 5.56 Å². The first-order chi connectivity index (χ1) is 7.97. The molecule has 17 heavy (non-hydrogen) atoms. The van der Waals surface area contributed by atoms with Crippen molar-refractivity contribution in [3.05, 3.63) is 22.8 Å². The summed E-state index contributed by atoms with van der Waals surface area (Å²) < 4.78 is 37.8. The number of nitrogens with zero attached hydrogens (tertiary/aromatic N) is 2. The molecule has 1 aliphatic rings. The fourth-order valence-electron chi connectivity index (χ4n) is 1.60. The molecule has 0 radical (unpaired) electrons. The summed E-state index contributed by atoms with van der Waals surface area (Å²) >= 11 is 7.41. The van der Waals surface area contributed by atoms with E-state index < -0.39 is 11.7 Å². The van der Waals surface area contributed by atoms with Crippen molar-refractivity contribution < 1.29 is 13.2 Å². The number of thioether (sulfide) groups is 1. The highest BCUT2D eigenvalue weighted by molar-refractivity contribution is 7.99. The van der Waals surface area contributed by atoms with E-state index >= 15 is 0 Å². The molecule has 1 aromatic rings. The molecule has 2 nitrogen and oxygen atoms in total. The van der Waals surface area contributed by atoms with Gasteiger partial charge in [-0.05, 0) is 12.1 Å². The second-order valence-electron chi connectivity index (χ2n) is 3.63. The smallest absolute Gasteiger partial charge is 0.355 e. The molecule has 0 amide bonds. The average molecular weight is 283 g/mol. The van der Waals surface area contributed by atoms with Gasteiger partial charge in [0.15, 0.2) is 0 Å². The monoisotopic (exact) mass is 282 g/mol. The molecule has 2 rings (SSSR count). The van der Waals surface area contributed by atoms with Gasteiger partial charge in [-0.2, -0.15) is 24.9 Å². The molecule has 7 heteroatoms. The van der Waals surface area contributed by atoms with Crippen molar-refractivity contribution >= 4 is 29.2 Å². The van der Waals surface area contributed by atoms with Gasteiger partial charge in [-0.15, -0.1) is 0 Å². The maximum absolute atomic E-state index is 12.6. The van der Waals surface area contributed by atoms with Crippen LogP contribution in [-0.2, 0) is 6.18 Å². The standard InChI is InChI=1S/C10H10ClF3N2S/c11-8-5-7(10(12,13)14)6-9(15-8)16-1-3-17-4-2-16/h5-6H,1-4H2. The quantitative estimate of drug-likeness (QED) is 0.735. The SMILES string of the molecule is FC(F)(F)c1cc(Cl)nc(N2CCSCC2)c1.